The third-order valence-corrected chi connectivity index (χ3v) is 3.77. The largest absolute Gasteiger partial charge is 0.304 e. The number of halogens is 2. The van der Waals surface area contributed by atoms with Gasteiger partial charge >= 0.3 is 0 Å². The summed E-state index contributed by atoms with van der Waals surface area (Å²) in [4.78, 5) is 14.2. The van der Waals surface area contributed by atoms with Crippen LogP contribution in [0.15, 0.2) is 22.7 Å². The van der Waals surface area contributed by atoms with Gasteiger partial charge in [-0.2, -0.15) is 0 Å². The van der Waals surface area contributed by atoms with E-state index in [1.165, 1.54) is 12.1 Å². The number of likely N-dealkylation sites (N-methyl/N-ethyl adjacent to an activating group) is 1. The van der Waals surface area contributed by atoms with Crippen molar-refractivity contribution in [2.75, 3.05) is 33.2 Å². The molecule has 0 unspecified atom stereocenters. The molecule has 0 saturated carbocycles. The summed E-state index contributed by atoms with van der Waals surface area (Å²) >= 11 is 3.09. The number of hydrogen-bond acceptors (Lipinski definition) is 3. The fourth-order valence-electron chi connectivity index (χ4n) is 1.80. The Morgan fingerprint density at radius 3 is 2.67 bits per heavy atom. The van der Waals surface area contributed by atoms with Crippen LogP contribution < -0.4 is 5.43 Å². The molecule has 1 aliphatic rings. The van der Waals surface area contributed by atoms with E-state index < -0.39 is 5.82 Å². The predicted octanol–water partition coefficient (Wildman–Crippen LogP) is 1.48. The van der Waals surface area contributed by atoms with Crippen molar-refractivity contribution in [1.82, 2.24) is 15.3 Å². The zero-order valence-electron chi connectivity index (χ0n) is 10.1. The van der Waals surface area contributed by atoms with Crippen molar-refractivity contribution in [3.8, 4) is 0 Å². The number of nitrogens with one attached hydrogen (secondary N) is 1. The maximum Gasteiger partial charge on any atom is 0.266 e. The smallest absolute Gasteiger partial charge is 0.266 e. The first-order valence-electron chi connectivity index (χ1n) is 5.76. The lowest BCUT2D eigenvalue weighted by Crippen LogP contribution is -2.52. The van der Waals surface area contributed by atoms with Gasteiger partial charge in [0.1, 0.15) is 5.82 Å². The first-order chi connectivity index (χ1) is 8.58. The summed E-state index contributed by atoms with van der Waals surface area (Å²) in [6.07, 6.45) is 0. The van der Waals surface area contributed by atoms with Crippen LogP contribution in [0, 0.1) is 5.82 Å². The molecule has 4 nitrogen and oxygen atoms in total. The summed E-state index contributed by atoms with van der Waals surface area (Å²) in [6.45, 7) is 3.36. The molecule has 98 valence electrons. The monoisotopic (exact) mass is 315 g/mol. The maximum absolute atomic E-state index is 13.3. The van der Waals surface area contributed by atoms with Gasteiger partial charge in [-0.3, -0.25) is 10.2 Å². The molecule has 0 radical (unpaired) electrons. The zero-order chi connectivity index (χ0) is 13.1. The third kappa shape index (κ3) is 3.07. The van der Waals surface area contributed by atoms with Gasteiger partial charge in [0.2, 0.25) is 0 Å². The fraction of sp³-hybridized carbons (Fsp3) is 0.417. The minimum absolute atomic E-state index is 0.205. The molecule has 6 heteroatoms. The molecule has 1 heterocycles. The van der Waals surface area contributed by atoms with Crippen molar-refractivity contribution >= 4 is 21.8 Å². The van der Waals surface area contributed by atoms with Gasteiger partial charge < -0.3 is 4.90 Å². The number of piperazine rings is 1. The van der Waals surface area contributed by atoms with E-state index in [0.717, 1.165) is 26.2 Å². The number of benzene rings is 1. The minimum atomic E-state index is -0.430. The van der Waals surface area contributed by atoms with E-state index in [4.69, 9.17) is 0 Å². The quantitative estimate of drug-likeness (QED) is 0.898. The van der Waals surface area contributed by atoms with Crippen molar-refractivity contribution in [3.05, 3.63) is 34.1 Å². The van der Waals surface area contributed by atoms with Gasteiger partial charge in [-0.05, 0) is 35.1 Å². The van der Waals surface area contributed by atoms with Gasteiger partial charge in [0.15, 0.2) is 0 Å². The van der Waals surface area contributed by atoms with Crippen LogP contribution >= 0.6 is 15.9 Å². The van der Waals surface area contributed by atoms with Gasteiger partial charge in [-0.15, -0.1) is 0 Å². The molecule has 1 fully saturated rings. The number of nitrogens with zero attached hydrogens (tertiary/aromatic N) is 2. The zero-order valence-corrected chi connectivity index (χ0v) is 11.7. The number of amides is 1. The SMILES string of the molecule is CN1CCN(NC(=O)c2cccc(F)c2Br)CC1. The highest BCUT2D eigenvalue weighted by molar-refractivity contribution is 9.10. The average molecular weight is 316 g/mol. The Kier molecular flexibility index (Phi) is 4.31. The van der Waals surface area contributed by atoms with Crippen LogP contribution in [0.3, 0.4) is 0 Å². The summed E-state index contributed by atoms with van der Waals surface area (Å²) in [5.74, 6) is -0.716. The van der Waals surface area contributed by atoms with E-state index in [2.05, 4.69) is 26.3 Å². The van der Waals surface area contributed by atoms with E-state index in [-0.39, 0.29) is 10.4 Å². The van der Waals surface area contributed by atoms with Crippen LogP contribution in [-0.2, 0) is 0 Å². The van der Waals surface area contributed by atoms with Gasteiger partial charge in [-0.1, -0.05) is 6.07 Å². The fourth-order valence-corrected chi connectivity index (χ4v) is 2.25. The van der Waals surface area contributed by atoms with Gasteiger partial charge in [0, 0.05) is 26.2 Å². The molecule has 0 aromatic heterocycles. The molecule has 1 aromatic carbocycles. The second-order valence-electron chi connectivity index (χ2n) is 4.33. The molecule has 1 N–H and O–H groups in total. The number of hydrazine groups is 1. The number of carbonyl (C=O) groups is 1. The Labute approximate surface area is 114 Å². The Morgan fingerprint density at radius 2 is 2.00 bits per heavy atom. The number of rotatable bonds is 2. The second kappa shape index (κ2) is 5.77. The van der Waals surface area contributed by atoms with Crippen molar-refractivity contribution in [2.24, 2.45) is 0 Å². The maximum atomic E-state index is 13.3. The summed E-state index contributed by atoms with van der Waals surface area (Å²) in [5.41, 5.74) is 3.11. The first kappa shape index (κ1) is 13.5. The van der Waals surface area contributed by atoms with Crippen molar-refractivity contribution in [2.45, 2.75) is 0 Å². The molecule has 0 aliphatic carbocycles. The highest BCUT2D eigenvalue weighted by atomic mass is 79.9. The first-order valence-corrected chi connectivity index (χ1v) is 6.55. The van der Waals surface area contributed by atoms with Gasteiger partial charge in [-0.25, -0.2) is 9.40 Å². The third-order valence-electron chi connectivity index (χ3n) is 2.96. The van der Waals surface area contributed by atoms with Crippen LogP contribution in [0.4, 0.5) is 4.39 Å². The Morgan fingerprint density at radius 1 is 1.33 bits per heavy atom. The van der Waals surface area contributed by atoms with E-state index in [1.807, 2.05) is 12.1 Å². The highest BCUT2D eigenvalue weighted by Crippen LogP contribution is 2.20. The molecular formula is C12H15BrFN3O. The van der Waals surface area contributed by atoms with E-state index in [1.54, 1.807) is 6.07 Å². The van der Waals surface area contributed by atoms with E-state index in [9.17, 15) is 9.18 Å². The molecule has 1 aromatic rings. The molecule has 0 atom stereocenters. The second-order valence-corrected chi connectivity index (χ2v) is 5.13. The van der Waals surface area contributed by atoms with Crippen LogP contribution in [0.2, 0.25) is 0 Å². The van der Waals surface area contributed by atoms with Crippen LogP contribution in [0.5, 0.6) is 0 Å². The van der Waals surface area contributed by atoms with Gasteiger partial charge in [0.05, 0.1) is 10.0 Å². The molecule has 2 rings (SSSR count). The Bertz CT molecular complexity index is 447. The molecular weight excluding hydrogens is 301 g/mol. The topological polar surface area (TPSA) is 35.6 Å². The Hall–Kier alpha value is -0.980. The Balaban J connectivity index is 2.01. The lowest BCUT2D eigenvalue weighted by Gasteiger charge is -2.32. The summed E-state index contributed by atoms with van der Waals surface area (Å²) in [5, 5.41) is 1.86. The number of hydrogen-bond donors (Lipinski definition) is 1. The molecule has 0 bridgehead atoms. The predicted molar refractivity (Wildman–Crippen MR) is 70.6 cm³/mol. The molecule has 1 aliphatic heterocycles. The molecule has 18 heavy (non-hydrogen) atoms. The van der Waals surface area contributed by atoms with Crippen LogP contribution in [0.1, 0.15) is 10.4 Å². The van der Waals surface area contributed by atoms with Crippen molar-refractivity contribution < 1.29 is 9.18 Å². The van der Waals surface area contributed by atoms with Crippen LogP contribution in [0.25, 0.3) is 0 Å². The van der Waals surface area contributed by atoms with Gasteiger partial charge in [0.25, 0.3) is 5.91 Å². The normalized spacial score (nSPS) is 17.7. The summed E-state index contributed by atoms with van der Waals surface area (Å²) < 4.78 is 13.5. The summed E-state index contributed by atoms with van der Waals surface area (Å²) in [7, 11) is 2.04. The number of carbonyl (C=O) groups excluding carboxylic acids is 1. The molecule has 0 spiro atoms. The molecule has 1 amide bonds. The standard InChI is InChI=1S/C12H15BrFN3O/c1-16-5-7-17(8-6-16)15-12(18)9-3-2-4-10(14)11(9)13/h2-4H,5-8H2,1H3,(H,15,18). The van der Waals surface area contributed by atoms with Crippen molar-refractivity contribution in [3.63, 3.8) is 0 Å². The summed E-state index contributed by atoms with van der Waals surface area (Å²) in [6, 6.07) is 4.44. The van der Waals surface area contributed by atoms with E-state index in [0.29, 0.717) is 5.56 Å². The van der Waals surface area contributed by atoms with Crippen LogP contribution in [-0.4, -0.2) is 49.0 Å². The minimum Gasteiger partial charge on any atom is -0.304 e. The highest BCUT2D eigenvalue weighted by Gasteiger charge is 2.18. The van der Waals surface area contributed by atoms with E-state index >= 15 is 0 Å². The van der Waals surface area contributed by atoms with Crippen molar-refractivity contribution in [1.29, 1.82) is 0 Å². The lowest BCUT2D eigenvalue weighted by molar-refractivity contribution is 0.0661. The molecule has 1 saturated heterocycles. The average Bonchev–Trinajstić information content (AvgIpc) is 2.35. The lowest BCUT2D eigenvalue weighted by atomic mass is 10.2.